The lowest BCUT2D eigenvalue weighted by Gasteiger charge is -2.28. The van der Waals surface area contributed by atoms with Crippen LogP contribution in [-0.4, -0.2) is 53.9 Å². The molecule has 5 rings (SSSR count). The van der Waals surface area contributed by atoms with E-state index in [2.05, 4.69) is 20.8 Å². The number of allylic oxidation sites excluding steroid dienone is 3. The van der Waals surface area contributed by atoms with Crippen LogP contribution in [0.4, 0.5) is 9.18 Å². The van der Waals surface area contributed by atoms with Gasteiger partial charge in [0.1, 0.15) is 22.4 Å². The molecule has 2 N–H and O–H groups in total. The topological polar surface area (TPSA) is 150 Å². The number of Topliss-reactive ketones (excluding diaryl/α,β-unsaturated/α-hetero) is 1. The van der Waals surface area contributed by atoms with Crippen LogP contribution in [0, 0.1) is 0 Å². The second-order valence-corrected chi connectivity index (χ2v) is 15.6. The van der Waals surface area contributed by atoms with E-state index in [4.69, 9.17) is 14.0 Å². The lowest BCUT2D eigenvalue weighted by Crippen LogP contribution is -2.51. The molecule has 0 saturated heterocycles. The van der Waals surface area contributed by atoms with E-state index in [-0.39, 0.29) is 41.0 Å². The first-order valence-corrected chi connectivity index (χ1v) is 16.6. The number of ether oxygens (including phenoxy) is 2. The molecule has 45 heavy (non-hydrogen) atoms. The maximum atomic E-state index is 15.9. The van der Waals surface area contributed by atoms with Crippen LogP contribution in [-0.2, 0) is 31.2 Å². The third-order valence-corrected chi connectivity index (χ3v) is 9.21. The third-order valence-electron chi connectivity index (χ3n) is 7.51. The number of aromatic nitrogens is 2. The summed E-state index contributed by atoms with van der Waals surface area (Å²) in [5, 5.41) is 8.07. The molecule has 1 aromatic heterocycles. The molecule has 1 saturated carbocycles. The zero-order chi connectivity index (χ0) is 32.7. The Bertz CT molecular complexity index is 1690. The number of carbonyl (C=O) groups excluding carboxylic acids is 2. The highest BCUT2D eigenvalue weighted by Gasteiger charge is 2.43. The molecule has 2 aliphatic heterocycles. The van der Waals surface area contributed by atoms with Gasteiger partial charge >= 0.3 is 6.09 Å². The first-order valence-electron chi connectivity index (χ1n) is 15.0. The van der Waals surface area contributed by atoms with E-state index in [0.29, 0.717) is 11.3 Å². The fraction of sp³-hybridized carbons (Fsp3) is 0.500. The van der Waals surface area contributed by atoms with Gasteiger partial charge in [0, 0.05) is 5.41 Å². The number of ketones is 1. The molecule has 1 aliphatic carbocycles. The summed E-state index contributed by atoms with van der Waals surface area (Å²) in [6.45, 7) is 10.5. The first-order chi connectivity index (χ1) is 21.0. The number of nitrogens with zero attached hydrogens (tertiary/aromatic N) is 2. The van der Waals surface area contributed by atoms with Crippen LogP contribution >= 0.6 is 0 Å². The quantitative estimate of drug-likeness (QED) is 0.403. The number of halogens is 1. The van der Waals surface area contributed by atoms with Crippen LogP contribution in [0.3, 0.4) is 0 Å². The molecule has 1 fully saturated rings. The number of hydrogen-bond acceptors (Lipinski definition) is 10. The summed E-state index contributed by atoms with van der Waals surface area (Å²) in [5.74, 6) is -1.71. The lowest BCUT2D eigenvalue weighted by atomic mass is 9.91. The minimum Gasteiger partial charge on any atom is -0.490 e. The van der Waals surface area contributed by atoms with E-state index in [9.17, 15) is 18.0 Å². The number of hydrogen-bond donors (Lipinski definition) is 2. The van der Waals surface area contributed by atoms with Gasteiger partial charge in [-0.1, -0.05) is 38.1 Å². The number of carbonyl (C=O) groups is 2. The van der Waals surface area contributed by atoms with Gasteiger partial charge in [-0.2, -0.15) is 9.37 Å². The van der Waals surface area contributed by atoms with E-state index in [1.165, 1.54) is 6.08 Å². The van der Waals surface area contributed by atoms with Crippen LogP contribution in [0.15, 0.2) is 57.0 Å². The maximum Gasteiger partial charge on any atom is 0.408 e. The normalized spacial score (nSPS) is 20.7. The van der Waals surface area contributed by atoms with E-state index >= 15 is 4.39 Å². The van der Waals surface area contributed by atoms with Gasteiger partial charge in [-0.3, -0.25) is 4.79 Å². The predicted octanol–water partition coefficient (Wildman–Crippen LogP) is 5.20. The Morgan fingerprint density at radius 2 is 1.78 bits per heavy atom. The van der Waals surface area contributed by atoms with E-state index in [1.54, 1.807) is 20.8 Å². The summed E-state index contributed by atoms with van der Waals surface area (Å²) in [6, 6.07) is 5.80. The molecular weight excluding hydrogens is 603 g/mol. The van der Waals surface area contributed by atoms with Crippen molar-refractivity contribution in [1.29, 1.82) is 0 Å². The lowest BCUT2D eigenvalue weighted by molar-refractivity contribution is -0.117. The van der Waals surface area contributed by atoms with Crippen molar-refractivity contribution in [3.05, 3.63) is 69.7 Å². The molecule has 0 radical (unpaired) electrons. The van der Waals surface area contributed by atoms with Gasteiger partial charge in [0.15, 0.2) is 15.6 Å². The van der Waals surface area contributed by atoms with Crippen molar-refractivity contribution in [1.82, 2.24) is 20.8 Å². The van der Waals surface area contributed by atoms with Crippen molar-refractivity contribution in [2.24, 2.45) is 0 Å². The molecule has 1 atom stereocenters. The van der Waals surface area contributed by atoms with Crippen molar-refractivity contribution in [2.45, 2.75) is 96.8 Å². The molecule has 3 heterocycles. The minimum atomic E-state index is -4.30. The summed E-state index contributed by atoms with van der Waals surface area (Å²) in [6.07, 6.45) is 4.89. The molecule has 1 amide bonds. The molecule has 13 heteroatoms. The average molecular weight is 643 g/mol. The van der Waals surface area contributed by atoms with Crippen molar-refractivity contribution in [3.8, 4) is 5.75 Å². The van der Waals surface area contributed by atoms with Crippen molar-refractivity contribution >= 4 is 27.3 Å². The predicted molar refractivity (Wildman–Crippen MR) is 164 cm³/mol. The molecule has 3 aliphatic rings. The largest absolute Gasteiger partial charge is 0.490 e. The van der Waals surface area contributed by atoms with E-state index < -0.39 is 55.5 Å². The van der Waals surface area contributed by atoms with Crippen LogP contribution < -0.4 is 15.4 Å². The Labute approximate surface area is 262 Å². The number of amides is 1. The summed E-state index contributed by atoms with van der Waals surface area (Å²) in [4.78, 5) is 30.9. The van der Waals surface area contributed by atoms with Crippen molar-refractivity contribution < 1.29 is 36.4 Å². The average Bonchev–Trinajstić information content (AvgIpc) is 3.60. The standard InChI is InChI=1S/C32H39FN4O7S/c1-31(2,3)29-36-27(37-44-29)22-16-19(15-18-11-13-21(14-12-18)42-20-9-7-8-10-20)24-25(38)23(34-30(39)43-32(4,5)6)17-45(40,41)28(24)35-26(22)33/h11-14,16,20,23,35H,7-10,15,17H2,1-6H3,(H,34,39)/t23-/m0/s1. The SMILES string of the molecule is CC(C)(C)OC(=O)N[C@H]1CS(=O)(=O)C2=C(C1=O)C(Cc1ccc(OC3CCCC3)cc1)=CC(c1noc(C(C)(C)C)n1)=C(F)N2. The Hall–Kier alpha value is -4.00. The first kappa shape index (κ1) is 32.4. The highest BCUT2D eigenvalue weighted by molar-refractivity contribution is 7.95. The van der Waals surface area contributed by atoms with Gasteiger partial charge in [0.05, 0.1) is 23.0 Å². The molecule has 0 spiro atoms. The Morgan fingerprint density at radius 3 is 2.38 bits per heavy atom. The van der Waals surface area contributed by atoms with Crippen LogP contribution in [0.1, 0.15) is 84.5 Å². The maximum absolute atomic E-state index is 15.9. The second-order valence-electron chi connectivity index (χ2n) is 13.6. The second kappa shape index (κ2) is 12.1. The molecule has 0 unspecified atom stereocenters. The fourth-order valence-corrected chi connectivity index (χ4v) is 6.97. The van der Waals surface area contributed by atoms with Gasteiger partial charge in [0.25, 0.3) is 0 Å². The van der Waals surface area contributed by atoms with Crippen LogP contribution in [0.25, 0.3) is 5.57 Å². The third kappa shape index (κ3) is 7.46. The molecule has 1 aromatic carbocycles. The zero-order valence-corrected chi connectivity index (χ0v) is 27.1. The van der Waals surface area contributed by atoms with E-state index in [1.807, 2.05) is 45.0 Å². The Morgan fingerprint density at radius 1 is 1.11 bits per heavy atom. The number of benzene rings is 1. The summed E-state index contributed by atoms with van der Waals surface area (Å²) >= 11 is 0. The van der Waals surface area contributed by atoms with Crippen LogP contribution in [0.2, 0.25) is 0 Å². The molecular formula is C32H39FN4O7S. The smallest absolute Gasteiger partial charge is 0.408 e. The van der Waals surface area contributed by atoms with Crippen LogP contribution in [0.5, 0.6) is 5.75 Å². The molecule has 242 valence electrons. The summed E-state index contributed by atoms with van der Waals surface area (Å²) in [7, 11) is -4.30. The van der Waals surface area contributed by atoms with Gasteiger partial charge in [-0.05, 0) is 82.2 Å². The van der Waals surface area contributed by atoms with Crippen molar-refractivity contribution in [3.63, 3.8) is 0 Å². The molecule has 2 aromatic rings. The molecule has 0 bridgehead atoms. The highest BCUT2D eigenvalue weighted by Crippen LogP contribution is 2.36. The number of nitrogens with one attached hydrogen (secondary N) is 2. The van der Waals surface area contributed by atoms with E-state index in [0.717, 1.165) is 25.7 Å². The number of sulfone groups is 1. The fourth-order valence-electron chi connectivity index (χ4n) is 5.34. The molecule has 11 nitrogen and oxygen atoms in total. The summed E-state index contributed by atoms with van der Waals surface area (Å²) in [5.41, 5.74) is -0.961. The number of alkyl carbamates (subject to hydrolysis) is 1. The van der Waals surface area contributed by atoms with Gasteiger partial charge < -0.3 is 24.6 Å². The highest BCUT2D eigenvalue weighted by atomic mass is 32.2. The van der Waals surface area contributed by atoms with Gasteiger partial charge in [-0.15, -0.1) is 0 Å². The van der Waals surface area contributed by atoms with Crippen molar-refractivity contribution in [2.75, 3.05) is 5.75 Å². The monoisotopic (exact) mass is 642 g/mol. The van der Waals surface area contributed by atoms with Gasteiger partial charge in [-0.25, -0.2) is 13.2 Å². The summed E-state index contributed by atoms with van der Waals surface area (Å²) < 4.78 is 59.8. The Balaban J connectivity index is 1.55. The zero-order valence-electron chi connectivity index (χ0n) is 26.3. The Kier molecular flexibility index (Phi) is 8.69. The number of rotatable bonds is 6. The van der Waals surface area contributed by atoms with Gasteiger partial charge in [0.2, 0.25) is 17.7 Å². The minimum absolute atomic E-state index is 0.0470.